The lowest BCUT2D eigenvalue weighted by Crippen LogP contribution is -2.48. The second-order valence-electron chi connectivity index (χ2n) is 7.77. The Bertz CT molecular complexity index is 1090. The fourth-order valence-corrected chi connectivity index (χ4v) is 4.82. The summed E-state index contributed by atoms with van der Waals surface area (Å²) in [5.41, 5.74) is 0.771. The second-order valence-corrected chi connectivity index (χ2v) is 10.2. The SMILES string of the molecule is CN(C1CCN(C(C(=O)Nc2ccc(Cl)c([N+](=O)[O-])c2)c2ccccc2)CC1)S(C)(=O)=O. The summed E-state index contributed by atoms with van der Waals surface area (Å²) in [6.07, 6.45) is 2.37. The molecule has 0 aromatic heterocycles. The van der Waals surface area contributed by atoms with E-state index < -0.39 is 21.0 Å². The highest BCUT2D eigenvalue weighted by Gasteiger charge is 2.34. The zero-order valence-corrected chi connectivity index (χ0v) is 19.3. The van der Waals surface area contributed by atoms with Crippen LogP contribution in [0.1, 0.15) is 24.4 Å². The number of hydrogen-bond donors (Lipinski definition) is 1. The van der Waals surface area contributed by atoms with Crippen LogP contribution in [0.25, 0.3) is 0 Å². The third-order valence-electron chi connectivity index (χ3n) is 5.68. The average Bonchev–Trinajstić information content (AvgIpc) is 2.75. The molecule has 0 aliphatic carbocycles. The first kappa shape index (κ1) is 24.1. The molecule has 1 N–H and O–H groups in total. The van der Waals surface area contributed by atoms with Crippen LogP contribution in [0.5, 0.6) is 0 Å². The van der Waals surface area contributed by atoms with Crippen molar-refractivity contribution in [1.29, 1.82) is 0 Å². The molecule has 1 amide bonds. The zero-order chi connectivity index (χ0) is 23.5. The van der Waals surface area contributed by atoms with E-state index in [1.807, 2.05) is 35.2 Å². The number of nitrogens with zero attached hydrogens (tertiary/aromatic N) is 3. The normalized spacial score (nSPS) is 16.6. The molecule has 0 bridgehead atoms. The Balaban J connectivity index is 1.81. The molecule has 9 nitrogen and oxygen atoms in total. The Labute approximate surface area is 192 Å². The van der Waals surface area contributed by atoms with Gasteiger partial charge in [-0.3, -0.25) is 19.8 Å². The van der Waals surface area contributed by atoms with Crippen molar-refractivity contribution >= 4 is 38.9 Å². The predicted molar refractivity (Wildman–Crippen MR) is 123 cm³/mol. The Kier molecular flexibility index (Phi) is 7.50. The summed E-state index contributed by atoms with van der Waals surface area (Å²) < 4.78 is 25.1. The molecule has 1 aliphatic heterocycles. The molecular formula is C21H25ClN4O5S. The van der Waals surface area contributed by atoms with Crippen LogP contribution in [0.4, 0.5) is 11.4 Å². The number of hydrogen-bond acceptors (Lipinski definition) is 6. The number of carbonyl (C=O) groups excluding carboxylic acids is 1. The zero-order valence-electron chi connectivity index (χ0n) is 17.8. The van der Waals surface area contributed by atoms with Gasteiger partial charge in [0.2, 0.25) is 15.9 Å². The van der Waals surface area contributed by atoms with E-state index in [0.717, 1.165) is 5.56 Å². The Hall–Kier alpha value is -2.53. The van der Waals surface area contributed by atoms with E-state index in [2.05, 4.69) is 5.32 Å². The highest BCUT2D eigenvalue weighted by Crippen LogP contribution is 2.30. The van der Waals surface area contributed by atoms with Crippen LogP contribution in [0, 0.1) is 10.1 Å². The number of anilines is 1. The lowest BCUT2D eigenvalue weighted by molar-refractivity contribution is -0.384. The summed E-state index contributed by atoms with van der Waals surface area (Å²) in [6, 6.07) is 12.6. The number of nitrogens with one attached hydrogen (secondary N) is 1. The van der Waals surface area contributed by atoms with Gasteiger partial charge in [-0.15, -0.1) is 0 Å². The number of halogens is 1. The number of rotatable bonds is 7. The Morgan fingerprint density at radius 3 is 2.41 bits per heavy atom. The molecule has 0 spiro atoms. The number of benzene rings is 2. The van der Waals surface area contributed by atoms with E-state index in [0.29, 0.717) is 25.9 Å². The topological polar surface area (TPSA) is 113 Å². The van der Waals surface area contributed by atoms with Crippen LogP contribution in [0.3, 0.4) is 0 Å². The fourth-order valence-electron chi connectivity index (χ4n) is 3.88. The van der Waals surface area contributed by atoms with Gasteiger partial charge >= 0.3 is 0 Å². The van der Waals surface area contributed by atoms with Gasteiger partial charge in [0, 0.05) is 37.9 Å². The molecule has 1 unspecified atom stereocenters. The molecule has 0 saturated carbocycles. The van der Waals surface area contributed by atoms with Crippen LogP contribution in [-0.2, 0) is 14.8 Å². The highest BCUT2D eigenvalue weighted by atomic mass is 35.5. The smallest absolute Gasteiger partial charge is 0.289 e. The lowest BCUT2D eigenvalue weighted by Gasteiger charge is -2.39. The van der Waals surface area contributed by atoms with Crippen molar-refractivity contribution < 1.29 is 18.1 Å². The number of sulfonamides is 1. The largest absolute Gasteiger partial charge is 0.324 e. The lowest BCUT2D eigenvalue weighted by atomic mass is 9.98. The van der Waals surface area contributed by atoms with E-state index in [1.165, 1.54) is 28.8 Å². The van der Waals surface area contributed by atoms with Crippen LogP contribution in [-0.4, -0.2) is 60.9 Å². The third-order valence-corrected chi connectivity index (χ3v) is 7.34. The van der Waals surface area contributed by atoms with Gasteiger partial charge in [0.1, 0.15) is 11.1 Å². The molecule has 2 aromatic rings. The molecule has 2 aromatic carbocycles. The summed E-state index contributed by atoms with van der Waals surface area (Å²) >= 11 is 5.87. The summed E-state index contributed by atoms with van der Waals surface area (Å²) in [6.45, 7) is 1.05. The first-order chi connectivity index (χ1) is 15.1. The van der Waals surface area contributed by atoms with E-state index in [9.17, 15) is 23.3 Å². The maximum atomic E-state index is 13.3. The molecule has 3 rings (SSSR count). The van der Waals surface area contributed by atoms with Gasteiger partial charge in [-0.1, -0.05) is 41.9 Å². The number of amides is 1. The molecular weight excluding hydrogens is 456 g/mol. The van der Waals surface area contributed by atoms with Crippen molar-refractivity contribution in [1.82, 2.24) is 9.21 Å². The van der Waals surface area contributed by atoms with Gasteiger partial charge in [0.25, 0.3) is 5.69 Å². The first-order valence-corrected chi connectivity index (χ1v) is 12.3. The van der Waals surface area contributed by atoms with Crippen molar-refractivity contribution in [2.45, 2.75) is 24.9 Å². The Morgan fingerprint density at radius 2 is 1.84 bits per heavy atom. The summed E-state index contributed by atoms with van der Waals surface area (Å²) in [5, 5.41) is 13.9. The van der Waals surface area contributed by atoms with Gasteiger partial charge in [0.15, 0.2) is 0 Å². The number of piperidine rings is 1. The molecule has 1 atom stereocenters. The van der Waals surface area contributed by atoms with Crippen LogP contribution in [0.15, 0.2) is 48.5 Å². The van der Waals surface area contributed by atoms with Gasteiger partial charge in [-0.05, 0) is 30.5 Å². The Morgan fingerprint density at radius 1 is 1.22 bits per heavy atom. The molecule has 11 heteroatoms. The molecule has 1 fully saturated rings. The van der Waals surface area contributed by atoms with E-state index in [1.54, 1.807) is 7.05 Å². The first-order valence-electron chi connectivity index (χ1n) is 10.0. The minimum atomic E-state index is -3.29. The minimum Gasteiger partial charge on any atom is -0.324 e. The monoisotopic (exact) mass is 480 g/mol. The average molecular weight is 481 g/mol. The standard InChI is InChI=1S/C21H25ClN4O5S/c1-24(32(2,30)31)17-10-12-25(13-11-17)20(15-6-4-3-5-7-15)21(27)23-16-8-9-18(22)19(14-16)26(28)29/h3-9,14,17,20H,10-13H2,1-2H3,(H,23,27). The van der Waals surface area contributed by atoms with Gasteiger partial charge in [-0.2, -0.15) is 0 Å². The van der Waals surface area contributed by atoms with E-state index in [4.69, 9.17) is 11.6 Å². The maximum absolute atomic E-state index is 13.3. The predicted octanol–water partition coefficient (Wildman–Crippen LogP) is 3.28. The maximum Gasteiger partial charge on any atom is 0.289 e. The van der Waals surface area contributed by atoms with Crippen LogP contribution >= 0.6 is 11.6 Å². The van der Waals surface area contributed by atoms with Gasteiger partial charge in [0.05, 0.1) is 11.2 Å². The molecule has 1 heterocycles. The van der Waals surface area contributed by atoms with E-state index >= 15 is 0 Å². The summed E-state index contributed by atoms with van der Waals surface area (Å²) in [5.74, 6) is -0.331. The fraction of sp³-hybridized carbons (Fsp3) is 0.381. The van der Waals surface area contributed by atoms with Crippen LogP contribution < -0.4 is 5.32 Å². The minimum absolute atomic E-state index is 0.00956. The summed E-state index contributed by atoms with van der Waals surface area (Å²) in [4.78, 5) is 25.9. The second kappa shape index (κ2) is 9.95. The van der Waals surface area contributed by atoms with Crippen molar-refractivity contribution in [3.63, 3.8) is 0 Å². The quantitative estimate of drug-likeness (QED) is 0.480. The van der Waals surface area contributed by atoms with Gasteiger partial charge < -0.3 is 5.32 Å². The number of nitro benzene ring substituents is 1. The van der Waals surface area contributed by atoms with E-state index in [-0.39, 0.29) is 28.3 Å². The van der Waals surface area contributed by atoms with Crippen molar-refractivity contribution in [3.8, 4) is 0 Å². The highest BCUT2D eigenvalue weighted by molar-refractivity contribution is 7.88. The van der Waals surface area contributed by atoms with Gasteiger partial charge in [-0.25, -0.2) is 12.7 Å². The molecule has 32 heavy (non-hydrogen) atoms. The summed E-state index contributed by atoms with van der Waals surface area (Å²) in [7, 11) is -1.72. The number of nitro groups is 1. The number of likely N-dealkylation sites (tertiary alicyclic amines) is 1. The van der Waals surface area contributed by atoms with Crippen molar-refractivity contribution in [3.05, 3.63) is 69.2 Å². The third kappa shape index (κ3) is 5.63. The van der Waals surface area contributed by atoms with Crippen molar-refractivity contribution in [2.24, 2.45) is 0 Å². The molecule has 172 valence electrons. The van der Waals surface area contributed by atoms with Crippen LogP contribution in [0.2, 0.25) is 5.02 Å². The van der Waals surface area contributed by atoms with Crippen molar-refractivity contribution in [2.75, 3.05) is 31.7 Å². The molecule has 1 aliphatic rings. The molecule has 1 saturated heterocycles. The molecule has 0 radical (unpaired) electrons. The number of carbonyl (C=O) groups is 1.